The van der Waals surface area contributed by atoms with Gasteiger partial charge in [0.2, 0.25) is 5.91 Å². The number of nitrogens with zero attached hydrogens (tertiary/aromatic N) is 1. The van der Waals surface area contributed by atoms with Gasteiger partial charge in [-0.15, -0.1) is 0 Å². The highest BCUT2D eigenvalue weighted by Crippen LogP contribution is 2.38. The van der Waals surface area contributed by atoms with Crippen molar-refractivity contribution in [2.75, 3.05) is 7.05 Å². The Labute approximate surface area is 73.2 Å². The van der Waals surface area contributed by atoms with E-state index < -0.39 is 0 Å². The molecule has 2 aliphatic rings. The van der Waals surface area contributed by atoms with Gasteiger partial charge in [-0.05, 0) is 19.3 Å². The predicted octanol–water partition coefficient (Wildman–Crippen LogP) is 1.57. The molecule has 0 N–H and O–H groups in total. The second-order valence-electron chi connectivity index (χ2n) is 3.93. The fourth-order valence-electron chi connectivity index (χ4n) is 2.46. The monoisotopic (exact) mass is 165 g/mol. The lowest BCUT2D eigenvalue weighted by Gasteiger charge is -2.30. The topological polar surface area (TPSA) is 20.3 Å². The molecule has 2 unspecified atom stereocenters. The Bertz CT molecular complexity index is 234. The summed E-state index contributed by atoms with van der Waals surface area (Å²) in [6, 6.07) is 0.471. The molecule has 0 aromatic carbocycles. The Balaban J connectivity index is 2.21. The predicted molar refractivity (Wildman–Crippen MR) is 47.7 cm³/mol. The van der Waals surface area contributed by atoms with Crippen LogP contribution in [0.1, 0.15) is 25.7 Å². The Hall–Kier alpha value is -0.790. The van der Waals surface area contributed by atoms with Crippen molar-refractivity contribution in [1.82, 2.24) is 4.90 Å². The van der Waals surface area contributed by atoms with Crippen LogP contribution in [0.4, 0.5) is 0 Å². The summed E-state index contributed by atoms with van der Waals surface area (Å²) in [5.74, 6) is 0.768. The van der Waals surface area contributed by atoms with Gasteiger partial charge in [0.1, 0.15) is 0 Å². The molecule has 0 aromatic heterocycles. The van der Waals surface area contributed by atoms with E-state index in [1.807, 2.05) is 11.9 Å². The summed E-state index contributed by atoms with van der Waals surface area (Å²) < 4.78 is 0. The van der Waals surface area contributed by atoms with Crippen LogP contribution in [0, 0.1) is 5.92 Å². The molecule has 0 bridgehead atoms. The van der Waals surface area contributed by atoms with Crippen LogP contribution in [0.2, 0.25) is 0 Å². The fourth-order valence-corrected chi connectivity index (χ4v) is 2.46. The molecule has 2 nitrogen and oxygen atoms in total. The van der Waals surface area contributed by atoms with Gasteiger partial charge in [-0.1, -0.05) is 12.2 Å². The Kier molecular flexibility index (Phi) is 1.71. The number of carbonyl (C=O) groups is 1. The molecule has 2 atom stereocenters. The number of amides is 1. The van der Waals surface area contributed by atoms with Gasteiger partial charge in [-0.3, -0.25) is 4.79 Å². The van der Waals surface area contributed by atoms with E-state index in [1.165, 1.54) is 18.4 Å². The van der Waals surface area contributed by atoms with E-state index in [2.05, 4.69) is 6.58 Å². The van der Waals surface area contributed by atoms with E-state index >= 15 is 0 Å². The lowest BCUT2D eigenvalue weighted by molar-refractivity contribution is -0.127. The normalized spacial score (nSPS) is 35.6. The zero-order chi connectivity index (χ0) is 8.72. The minimum absolute atomic E-state index is 0.299. The van der Waals surface area contributed by atoms with Crippen LogP contribution in [0.25, 0.3) is 0 Å². The fraction of sp³-hybridized carbons (Fsp3) is 0.700. The Morgan fingerprint density at radius 3 is 3.00 bits per heavy atom. The zero-order valence-electron chi connectivity index (χ0n) is 7.55. The van der Waals surface area contributed by atoms with Gasteiger partial charge < -0.3 is 4.90 Å². The van der Waals surface area contributed by atoms with Crippen molar-refractivity contribution < 1.29 is 4.79 Å². The molecule has 1 heterocycles. The number of hydrogen-bond donors (Lipinski definition) is 0. The third-order valence-corrected chi connectivity index (χ3v) is 3.27. The average Bonchev–Trinajstić information content (AvgIpc) is 2.32. The Morgan fingerprint density at radius 1 is 1.58 bits per heavy atom. The van der Waals surface area contributed by atoms with Crippen molar-refractivity contribution in [2.24, 2.45) is 5.92 Å². The quantitative estimate of drug-likeness (QED) is 0.499. The van der Waals surface area contributed by atoms with Crippen molar-refractivity contribution >= 4 is 5.91 Å². The molecule has 2 fully saturated rings. The standard InChI is InChI=1S/C10H15NO/c1-7-4-3-5-9-8(7)6-10(12)11(9)2/h8-9H,1,3-6H2,2H3. The number of carbonyl (C=O) groups excluding carboxylic acids is 1. The zero-order valence-corrected chi connectivity index (χ0v) is 7.55. The highest BCUT2D eigenvalue weighted by atomic mass is 16.2. The van der Waals surface area contributed by atoms with Crippen LogP contribution in [-0.4, -0.2) is 23.9 Å². The first-order valence-electron chi connectivity index (χ1n) is 4.63. The summed E-state index contributed by atoms with van der Waals surface area (Å²) in [6.45, 7) is 4.05. The lowest BCUT2D eigenvalue weighted by atomic mass is 9.81. The van der Waals surface area contributed by atoms with Crippen molar-refractivity contribution in [1.29, 1.82) is 0 Å². The molecular weight excluding hydrogens is 150 g/mol. The first-order valence-corrected chi connectivity index (χ1v) is 4.63. The average molecular weight is 165 g/mol. The molecular formula is C10H15NO. The van der Waals surface area contributed by atoms with Crippen molar-refractivity contribution in [3.63, 3.8) is 0 Å². The van der Waals surface area contributed by atoms with Crippen LogP contribution in [0.15, 0.2) is 12.2 Å². The van der Waals surface area contributed by atoms with E-state index in [-0.39, 0.29) is 0 Å². The van der Waals surface area contributed by atoms with Crippen LogP contribution in [-0.2, 0) is 4.79 Å². The van der Waals surface area contributed by atoms with Crippen molar-refractivity contribution in [3.8, 4) is 0 Å². The third-order valence-electron chi connectivity index (χ3n) is 3.27. The Morgan fingerprint density at radius 2 is 2.33 bits per heavy atom. The maximum Gasteiger partial charge on any atom is 0.223 e. The van der Waals surface area contributed by atoms with Crippen LogP contribution < -0.4 is 0 Å². The largest absolute Gasteiger partial charge is 0.342 e. The van der Waals surface area contributed by atoms with E-state index in [1.54, 1.807) is 0 Å². The van der Waals surface area contributed by atoms with E-state index in [4.69, 9.17) is 0 Å². The highest BCUT2D eigenvalue weighted by molar-refractivity contribution is 5.79. The van der Waals surface area contributed by atoms with Gasteiger partial charge in [0.15, 0.2) is 0 Å². The van der Waals surface area contributed by atoms with Crippen molar-refractivity contribution in [3.05, 3.63) is 12.2 Å². The van der Waals surface area contributed by atoms with Gasteiger partial charge in [0.25, 0.3) is 0 Å². The van der Waals surface area contributed by atoms with Crippen LogP contribution >= 0.6 is 0 Å². The van der Waals surface area contributed by atoms with Gasteiger partial charge >= 0.3 is 0 Å². The second-order valence-corrected chi connectivity index (χ2v) is 3.93. The summed E-state index contributed by atoms with van der Waals surface area (Å²) in [7, 11) is 1.92. The summed E-state index contributed by atoms with van der Waals surface area (Å²) in [4.78, 5) is 13.3. The van der Waals surface area contributed by atoms with Crippen molar-refractivity contribution in [2.45, 2.75) is 31.7 Å². The van der Waals surface area contributed by atoms with E-state index in [9.17, 15) is 4.79 Å². The number of fused-ring (bicyclic) bond motifs is 1. The SMILES string of the molecule is C=C1CCCC2C1CC(=O)N2C. The molecule has 1 aliphatic carbocycles. The number of likely N-dealkylation sites (tertiary alicyclic amines) is 1. The highest BCUT2D eigenvalue weighted by Gasteiger charge is 2.40. The lowest BCUT2D eigenvalue weighted by Crippen LogP contribution is -2.33. The smallest absolute Gasteiger partial charge is 0.223 e. The van der Waals surface area contributed by atoms with E-state index in [0.717, 1.165) is 6.42 Å². The first-order chi connectivity index (χ1) is 5.70. The molecule has 1 amide bonds. The summed E-state index contributed by atoms with van der Waals surface area (Å²) >= 11 is 0. The second kappa shape index (κ2) is 2.61. The minimum atomic E-state index is 0.299. The summed E-state index contributed by atoms with van der Waals surface area (Å²) in [5, 5.41) is 0. The molecule has 2 rings (SSSR count). The van der Waals surface area contributed by atoms with Crippen LogP contribution in [0.3, 0.4) is 0 Å². The maximum absolute atomic E-state index is 11.4. The van der Waals surface area contributed by atoms with Crippen LogP contribution in [0.5, 0.6) is 0 Å². The van der Waals surface area contributed by atoms with E-state index in [0.29, 0.717) is 24.3 Å². The third kappa shape index (κ3) is 0.977. The number of rotatable bonds is 0. The molecule has 66 valence electrons. The summed E-state index contributed by atoms with van der Waals surface area (Å²) in [5.41, 5.74) is 1.30. The molecule has 1 aliphatic heterocycles. The summed E-state index contributed by atoms with van der Waals surface area (Å²) in [6.07, 6.45) is 4.21. The maximum atomic E-state index is 11.4. The van der Waals surface area contributed by atoms with Gasteiger partial charge in [-0.2, -0.15) is 0 Å². The molecule has 0 aromatic rings. The number of hydrogen-bond acceptors (Lipinski definition) is 1. The molecule has 0 radical (unpaired) electrons. The minimum Gasteiger partial charge on any atom is -0.342 e. The van der Waals surface area contributed by atoms with Gasteiger partial charge in [0, 0.05) is 25.4 Å². The molecule has 1 saturated carbocycles. The van der Waals surface area contributed by atoms with Gasteiger partial charge in [0.05, 0.1) is 0 Å². The first kappa shape index (κ1) is 7.84. The van der Waals surface area contributed by atoms with Gasteiger partial charge in [-0.25, -0.2) is 0 Å². The molecule has 12 heavy (non-hydrogen) atoms. The molecule has 0 spiro atoms. The molecule has 1 saturated heterocycles. The molecule has 2 heteroatoms.